The third-order valence-electron chi connectivity index (χ3n) is 4.65. The second-order valence-electron chi connectivity index (χ2n) is 6.07. The van der Waals surface area contributed by atoms with Crippen LogP contribution in [0.1, 0.15) is 0 Å². The van der Waals surface area contributed by atoms with Crippen molar-refractivity contribution in [1.82, 2.24) is 0 Å². The average molecular weight is 309 g/mol. The molecule has 0 aliphatic heterocycles. The highest BCUT2D eigenvalue weighted by Gasteiger charge is 2.16. The van der Waals surface area contributed by atoms with Crippen LogP contribution < -0.4 is 5.73 Å². The third kappa shape index (κ3) is 1.77. The quantitative estimate of drug-likeness (QED) is 0.305. The van der Waals surface area contributed by atoms with Crippen molar-refractivity contribution < 1.29 is 4.42 Å². The number of hydrogen-bond donors (Lipinski definition) is 1. The Labute approximate surface area is 139 Å². The lowest BCUT2D eigenvalue weighted by Crippen LogP contribution is -1.86. The van der Waals surface area contributed by atoms with Crippen LogP contribution in [0.3, 0.4) is 0 Å². The Hall–Kier alpha value is -3.26. The highest BCUT2D eigenvalue weighted by molar-refractivity contribution is 6.27. The molecule has 5 aromatic rings. The topological polar surface area (TPSA) is 39.2 Å². The van der Waals surface area contributed by atoms with Gasteiger partial charge in [-0.05, 0) is 39.9 Å². The van der Waals surface area contributed by atoms with Gasteiger partial charge in [-0.3, -0.25) is 0 Å². The lowest BCUT2D eigenvalue weighted by molar-refractivity contribution is 0.620. The summed E-state index contributed by atoms with van der Waals surface area (Å²) < 4.78 is 6.02. The molecule has 0 atom stereocenters. The lowest BCUT2D eigenvalue weighted by Gasteiger charge is -2.08. The molecule has 0 bridgehead atoms. The second kappa shape index (κ2) is 4.87. The number of fused-ring (bicyclic) bond motifs is 6. The van der Waals surface area contributed by atoms with Gasteiger partial charge in [0.1, 0.15) is 5.58 Å². The second-order valence-corrected chi connectivity index (χ2v) is 6.07. The van der Waals surface area contributed by atoms with Gasteiger partial charge in [0.2, 0.25) is 0 Å². The lowest BCUT2D eigenvalue weighted by atomic mass is 9.94. The molecule has 4 aromatic carbocycles. The van der Waals surface area contributed by atoms with Crippen LogP contribution in [0.5, 0.6) is 0 Å². The summed E-state index contributed by atoms with van der Waals surface area (Å²) in [5.41, 5.74) is 10.00. The van der Waals surface area contributed by atoms with Crippen molar-refractivity contribution in [3.63, 3.8) is 0 Å². The maximum absolute atomic E-state index is 6.02. The summed E-state index contributed by atoms with van der Waals surface area (Å²) in [6.45, 7) is 0. The van der Waals surface area contributed by atoms with Crippen molar-refractivity contribution in [2.45, 2.75) is 0 Å². The first-order chi connectivity index (χ1) is 11.8. The molecule has 0 aliphatic rings. The fourth-order valence-electron chi connectivity index (χ4n) is 3.57. The van der Waals surface area contributed by atoms with Crippen LogP contribution in [0.4, 0.5) is 5.69 Å². The molecule has 0 saturated heterocycles. The number of benzene rings is 4. The number of nitrogens with two attached hydrogens (primary N) is 1. The molecule has 114 valence electrons. The highest BCUT2D eigenvalue weighted by Crippen LogP contribution is 2.41. The fraction of sp³-hybridized carbons (Fsp3) is 0. The zero-order valence-corrected chi connectivity index (χ0v) is 13.0. The molecule has 0 radical (unpaired) electrons. The summed E-state index contributed by atoms with van der Waals surface area (Å²) in [5.74, 6) is 0. The molecule has 2 nitrogen and oxygen atoms in total. The summed E-state index contributed by atoms with van der Waals surface area (Å²) >= 11 is 0. The standard InChI is InChI=1S/C22H15NO/c23-15-10-11-18-19(12-15)16-8-4-5-9-17(16)21-20(13-24-22(18)21)14-6-2-1-3-7-14/h1-13H,23H2. The minimum atomic E-state index is 0.766. The van der Waals surface area contributed by atoms with E-state index in [9.17, 15) is 0 Å². The van der Waals surface area contributed by atoms with Crippen LogP contribution in [0.15, 0.2) is 83.5 Å². The van der Waals surface area contributed by atoms with Gasteiger partial charge in [0, 0.05) is 22.0 Å². The van der Waals surface area contributed by atoms with E-state index in [4.69, 9.17) is 10.2 Å². The van der Waals surface area contributed by atoms with Gasteiger partial charge in [0.25, 0.3) is 0 Å². The molecule has 2 N–H and O–H groups in total. The molecular formula is C22H15NO. The van der Waals surface area contributed by atoms with E-state index in [1.165, 1.54) is 10.8 Å². The van der Waals surface area contributed by atoms with Crippen molar-refractivity contribution >= 4 is 38.2 Å². The van der Waals surface area contributed by atoms with Gasteiger partial charge >= 0.3 is 0 Å². The van der Waals surface area contributed by atoms with E-state index in [0.29, 0.717) is 0 Å². The largest absolute Gasteiger partial charge is 0.463 e. The van der Waals surface area contributed by atoms with Crippen LogP contribution in [0.25, 0.3) is 43.6 Å². The number of nitrogen functional groups attached to an aromatic ring is 1. The van der Waals surface area contributed by atoms with Crippen molar-refractivity contribution in [3.05, 3.63) is 79.1 Å². The number of anilines is 1. The fourth-order valence-corrected chi connectivity index (χ4v) is 3.57. The molecule has 0 fully saturated rings. The van der Waals surface area contributed by atoms with Gasteiger partial charge < -0.3 is 10.2 Å². The molecule has 5 rings (SSSR count). The Kier molecular flexibility index (Phi) is 2.68. The predicted molar refractivity (Wildman–Crippen MR) is 101 cm³/mol. The number of rotatable bonds is 1. The summed E-state index contributed by atoms with van der Waals surface area (Å²) in [5, 5.41) is 5.78. The molecule has 1 aromatic heterocycles. The zero-order valence-electron chi connectivity index (χ0n) is 13.0. The van der Waals surface area contributed by atoms with Crippen LogP contribution in [-0.2, 0) is 0 Å². The Morgan fingerprint density at radius 2 is 1.42 bits per heavy atom. The van der Waals surface area contributed by atoms with E-state index in [0.717, 1.165) is 38.6 Å². The third-order valence-corrected chi connectivity index (χ3v) is 4.65. The first-order valence-corrected chi connectivity index (χ1v) is 7.99. The van der Waals surface area contributed by atoms with E-state index in [1.54, 1.807) is 0 Å². The molecule has 0 unspecified atom stereocenters. The summed E-state index contributed by atoms with van der Waals surface area (Å²) in [7, 11) is 0. The molecular weight excluding hydrogens is 294 g/mol. The predicted octanol–water partition coefficient (Wildman–Crippen LogP) is 5.99. The first kappa shape index (κ1) is 13.2. The van der Waals surface area contributed by atoms with E-state index < -0.39 is 0 Å². The van der Waals surface area contributed by atoms with Gasteiger partial charge in [0.05, 0.1) is 6.26 Å². The van der Waals surface area contributed by atoms with E-state index >= 15 is 0 Å². The Morgan fingerprint density at radius 3 is 2.25 bits per heavy atom. The van der Waals surface area contributed by atoms with Crippen molar-refractivity contribution in [3.8, 4) is 11.1 Å². The molecule has 0 spiro atoms. The molecule has 0 saturated carbocycles. The van der Waals surface area contributed by atoms with Crippen LogP contribution in [0.2, 0.25) is 0 Å². The number of hydrogen-bond acceptors (Lipinski definition) is 2. The van der Waals surface area contributed by atoms with Gasteiger partial charge in [-0.2, -0.15) is 0 Å². The van der Waals surface area contributed by atoms with E-state index in [-0.39, 0.29) is 0 Å². The molecule has 0 amide bonds. The zero-order chi connectivity index (χ0) is 16.1. The van der Waals surface area contributed by atoms with Crippen molar-refractivity contribution in [2.24, 2.45) is 0 Å². The Balaban J connectivity index is 2.04. The van der Waals surface area contributed by atoms with Gasteiger partial charge in [-0.1, -0.05) is 54.6 Å². The Morgan fingerprint density at radius 1 is 0.667 bits per heavy atom. The summed E-state index contributed by atoms with van der Waals surface area (Å²) in [6, 6.07) is 24.8. The van der Waals surface area contributed by atoms with Crippen molar-refractivity contribution in [2.75, 3.05) is 5.73 Å². The normalized spacial score (nSPS) is 11.5. The molecule has 1 heterocycles. The van der Waals surface area contributed by atoms with Crippen molar-refractivity contribution in [1.29, 1.82) is 0 Å². The smallest absolute Gasteiger partial charge is 0.142 e. The maximum Gasteiger partial charge on any atom is 0.142 e. The first-order valence-electron chi connectivity index (χ1n) is 7.99. The van der Waals surface area contributed by atoms with Crippen LogP contribution in [0, 0.1) is 0 Å². The van der Waals surface area contributed by atoms with Gasteiger partial charge in [0.15, 0.2) is 0 Å². The number of furan rings is 1. The molecule has 0 aliphatic carbocycles. The summed E-state index contributed by atoms with van der Waals surface area (Å²) in [6.07, 6.45) is 1.86. The maximum atomic E-state index is 6.02. The van der Waals surface area contributed by atoms with E-state index in [1.807, 2.05) is 24.5 Å². The van der Waals surface area contributed by atoms with Crippen LogP contribution >= 0.6 is 0 Å². The Bertz CT molecular complexity index is 1200. The SMILES string of the molecule is Nc1ccc2c(c1)c1ccccc1c1c(-c3ccccc3)coc21. The summed E-state index contributed by atoms with van der Waals surface area (Å²) in [4.78, 5) is 0. The highest BCUT2D eigenvalue weighted by atomic mass is 16.3. The minimum absolute atomic E-state index is 0.766. The van der Waals surface area contributed by atoms with E-state index in [2.05, 4.69) is 54.6 Å². The van der Waals surface area contributed by atoms with Gasteiger partial charge in [-0.25, -0.2) is 0 Å². The monoisotopic (exact) mass is 309 g/mol. The average Bonchev–Trinajstić information content (AvgIpc) is 3.08. The van der Waals surface area contributed by atoms with Gasteiger partial charge in [-0.15, -0.1) is 0 Å². The van der Waals surface area contributed by atoms with Crippen LogP contribution in [-0.4, -0.2) is 0 Å². The molecule has 2 heteroatoms. The molecule has 24 heavy (non-hydrogen) atoms. The minimum Gasteiger partial charge on any atom is -0.463 e.